The third-order valence-electron chi connectivity index (χ3n) is 14.1. The van der Waals surface area contributed by atoms with Crippen LogP contribution in [0.3, 0.4) is 0 Å². The SMILES string of the molecule is OCCOc1ccc(C2(c3ccc(OCCO)cc3)c3c(cccc3-c3ccc4ccc5cccc6ccc3c4c56)-c3cccc(-c4ccc5ccc6cccc7ccc4c5c67)c32)cc1. The van der Waals surface area contributed by atoms with Crippen molar-refractivity contribution in [1.29, 1.82) is 0 Å². The summed E-state index contributed by atoms with van der Waals surface area (Å²) in [5.74, 6) is 1.40. The molecule has 0 saturated heterocycles. The largest absolute Gasteiger partial charge is 0.491 e. The van der Waals surface area contributed by atoms with Gasteiger partial charge in [0.15, 0.2) is 0 Å². The third kappa shape index (κ3) is 5.45. The van der Waals surface area contributed by atoms with Crippen molar-refractivity contribution in [3.05, 3.63) is 216 Å². The lowest BCUT2D eigenvalue weighted by Crippen LogP contribution is -2.30. The molecule has 13 rings (SSSR count). The van der Waals surface area contributed by atoms with Crippen LogP contribution in [0.4, 0.5) is 0 Å². The Morgan fingerprint density at radius 3 is 1.02 bits per heavy atom. The minimum Gasteiger partial charge on any atom is -0.491 e. The highest BCUT2D eigenvalue weighted by atomic mass is 16.5. The summed E-state index contributed by atoms with van der Waals surface area (Å²) in [7, 11) is 0. The molecule has 2 N–H and O–H groups in total. The van der Waals surface area contributed by atoms with Gasteiger partial charge >= 0.3 is 0 Å². The molecule has 65 heavy (non-hydrogen) atoms. The average Bonchev–Trinajstić information content (AvgIpc) is 3.68. The van der Waals surface area contributed by atoms with Crippen molar-refractivity contribution >= 4 is 64.6 Å². The van der Waals surface area contributed by atoms with Gasteiger partial charge in [0.25, 0.3) is 0 Å². The Bertz CT molecular complexity index is 3510. The predicted octanol–water partition coefficient (Wildman–Crippen LogP) is 13.9. The van der Waals surface area contributed by atoms with Gasteiger partial charge in [0, 0.05) is 0 Å². The molecule has 310 valence electrons. The second kappa shape index (κ2) is 14.6. The molecule has 0 unspecified atom stereocenters. The summed E-state index contributed by atoms with van der Waals surface area (Å²) >= 11 is 0. The topological polar surface area (TPSA) is 58.9 Å². The number of aliphatic hydroxyl groups excluding tert-OH is 2. The van der Waals surface area contributed by atoms with E-state index in [1.807, 2.05) is 24.3 Å². The van der Waals surface area contributed by atoms with Crippen LogP contribution in [0.1, 0.15) is 22.3 Å². The second-order valence-corrected chi connectivity index (χ2v) is 17.3. The van der Waals surface area contributed by atoms with Crippen molar-refractivity contribution in [3.8, 4) is 44.9 Å². The smallest absolute Gasteiger partial charge is 0.119 e. The molecule has 0 amide bonds. The first kappa shape index (κ1) is 37.8. The molecule has 0 aliphatic heterocycles. The second-order valence-electron chi connectivity index (χ2n) is 17.3. The van der Waals surface area contributed by atoms with E-state index >= 15 is 0 Å². The quantitative estimate of drug-likeness (QED) is 0.135. The molecular weight excluding hydrogens is 797 g/mol. The van der Waals surface area contributed by atoms with Crippen molar-refractivity contribution in [2.24, 2.45) is 0 Å². The maximum Gasteiger partial charge on any atom is 0.119 e. The van der Waals surface area contributed by atoms with Gasteiger partial charge in [-0.2, -0.15) is 0 Å². The van der Waals surface area contributed by atoms with E-state index in [0.717, 1.165) is 11.1 Å². The number of fused-ring (bicyclic) bond motifs is 3. The van der Waals surface area contributed by atoms with E-state index in [0.29, 0.717) is 11.5 Å². The van der Waals surface area contributed by atoms with E-state index in [9.17, 15) is 10.2 Å². The summed E-state index contributed by atoms with van der Waals surface area (Å²) in [5.41, 5.74) is 10.8. The highest BCUT2D eigenvalue weighted by Gasteiger charge is 2.49. The van der Waals surface area contributed by atoms with Gasteiger partial charge < -0.3 is 19.7 Å². The van der Waals surface area contributed by atoms with Crippen molar-refractivity contribution < 1.29 is 19.7 Å². The van der Waals surface area contributed by atoms with Gasteiger partial charge in [-0.25, -0.2) is 0 Å². The predicted molar refractivity (Wildman–Crippen MR) is 267 cm³/mol. The molecule has 1 aliphatic rings. The monoisotopic (exact) mass is 838 g/mol. The normalized spacial score (nSPS) is 13.1. The van der Waals surface area contributed by atoms with E-state index in [2.05, 4.69) is 170 Å². The number of rotatable bonds is 10. The highest BCUT2D eigenvalue weighted by Crippen LogP contribution is 2.62. The lowest BCUT2D eigenvalue weighted by Gasteiger charge is -2.37. The number of benzene rings is 12. The van der Waals surface area contributed by atoms with Gasteiger partial charge in [-0.05, 0) is 145 Å². The summed E-state index contributed by atoms with van der Waals surface area (Å²) in [5, 5.41) is 34.4. The molecule has 0 spiro atoms. The first-order valence-electron chi connectivity index (χ1n) is 22.5. The van der Waals surface area contributed by atoms with Crippen molar-refractivity contribution in [3.63, 3.8) is 0 Å². The average molecular weight is 839 g/mol. The molecule has 0 atom stereocenters. The van der Waals surface area contributed by atoms with Crippen molar-refractivity contribution in [2.75, 3.05) is 26.4 Å². The molecule has 0 aromatic heterocycles. The third-order valence-corrected chi connectivity index (χ3v) is 14.1. The Hall–Kier alpha value is -7.76. The fourth-order valence-corrected chi connectivity index (χ4v) is 11.5. The van der Waals surface area contributed by atoms with Crippen molar-refractivity contribution in [2.45, 2.75) is 5.41 Å². The molecule has 0 heterocycles. The van der Waals surface area contributed by atoms with E-state index in [4.69, 9.17) is 9.47 Å². The Morgan fingerprint density at radius 2 is 0.631 bits per heavy atom. The molecule has 0 bridgehead atoms. The Balaban J connectivity index is 1.17. The minimum atomic E-state index is -0.850. The summed E-state index contributed by atoms with van der Waals surface area (Å²) in [6.45, 7) is 0.289. The summed E-state index contributed by atoms with van der Waals surface area (Å²) < 4.78 is 12.0. The lowest BCUT2D eigenvalue weighted by molar-refractivity contribution is 0.201. The van der Waals surface area contributed by atoms with Crippen LogP contribution in [0.25, 0.3) is 98.0 Å². The van der Waals surface area contributed by atoms with Crippen LogP contribution < -0.4 is 9.47 Å². The molecule has 4 heteroatoms. The molecule has 0 radical (unpaired) electrons. The van der Waals surface area contributed by atoms with E-state index < -0.39 is 5.41 Å². The van der Waals surface area contributed by atoms with Crippen LogP contribution in [0.15, 0.2) is 194 Å². The Morgan fingerprint density at radius 1 is 0.308 bits per heavy atom. The summed E-state index contributed by atoms with van der Waals surface area (Å²) in [6, 6.07) is 71.3. The highest BCUT2D eigenvalue weighted by molar-refractivity contribution is 6.27. The molecular formula is C61H42O4. The Kier molecular flexibility index (Phi) is 8.51. The standard InChI is InChI=1S/C61H42O4/c62-33-35-64-45-25-21-43(22-26-45)61(44-23-27-46(28-24-44)65-36-34-63)59-51(47-29-17-41-15-13-37-5-1-7-39-19-31-49(47)57(41)55(37)39)9-3-11-53(59)54-12-4-10-52(60(54)61)48-30-18-42-16-14-38-6-2-8-40-20-32-50(48)58(42)56(38)40/h1-32,62-63H,33-36H2. The molecule has 0 saturated carbocycles. The first-order chi connectivity index (χ1) is 32.1. The van der Waals surface area contributed by atoms with Gasteiger partial charge in [0.05, 0.1) is 18.6 Å². The zero-order valence-electron chi connectivity index (χ0n) is 35.5. The molecule has 1 aliphatic carbocycles. The van der Waals surface area contributed by atoms with Crippen molar-refractivity contribution in [1.82, 2.24) is 0 Å². The maximum absolute atomic E-state index is 9.70. The van der Waals surface area contributed by atoms with Gasteiger partial charge in [-0.1, -0.05) is 170 Å². The fourth-order valence-electron chi connectivity index (χ4n) is 11.5. The molecule has 12 aromatic carbocycles. The zero-order valence-corrected chi connectivity index (χ0v) is 35.5. The van der Waals surface area contributed by atoms with Crippen LogP contribution in [0.5, 0.6) is 11.5 Å². The van der Waals surface area contributed by atoms with Crippen LogP contribution in [-0.4, -0.2) is 36.6 Å². The molecule has 4 nitrogen and oxygen atoms in total. The first-order valence-corrected chi connectivity index (χ1v) is 22.5. The maximum atomic E-state index is 9.70. The number of ether oxygens (including phenoxy) is 2. The van der Waals surface area contributed by atoms with Gasteiger partial charge in [-0.15, -0.1) is 0 Å². The van der Waals surface area contributed by atoms with E-state index in [-0.39, 0.29) is 26.4 Å². The molecule has 12 aromatic rings. The van der Waals surface area contributed by atoms with Gasteiger partial charge in [-0.3, -0.25) is 0 Å². The van der Waals surface area contributed by atoms with Crippen LogP contribution in [0, 0.1) is 0 Å². The molecule has 0 fully saturated rings. The van der Waals surface area contributed by atoms with Crippen LogP contribution in [0.2, 0.25) is 0 Å². The Labute approximate surface area is 375 Å². The minimum absolute atomic E-state index is 0.0670. The zero-order chi connectivity index (χ0) is 43.2. The summed E-state index contributed by atoms with van der Waals surface area (Å²) in [4.78, 5) is 0. The summed E-state index contributed by atoms with van der Waals surface area (Å²) in [6.07, 6.45) is 0. The van der Waals surface area contributed by atoms with Crippen LogP contribution >= 0.6 is 0 Å². The van der Waals surface area contributed by atoms with Gasteiger partial charge in [0.1, 0.15) is 24.7 Å². The lowest BCUT2D eigenvalue weighted by atomic mass is 9.64. The number of aliphatic hydroxyl groups is 2. The number of hydrogen-bond donors (Lipinski definition) is 2. The van der Waals surface area contributed by atoms with E-state index in [1.54, 1.807) is 0 Å². The van der Waals surface area contributed by atoms with Gasteiger partial charge in [0.2, 0.25) is 0 Å². The van der Waals surface area contributed by atoms with E-state index in [1.165, 1.54) is 109 Å². The van der Waals surface area contributed by atoms with Crippen LogP contribution in [-0.2, 0) is 5.41 Å². The fraction of sp³-hybridized carbons (Fsp3) is 0.0820. The number of hydrogen-bond acceptors (Lipinski definition) is 4.